The first-order valence-corrected chi connectivity index (χ1v) is 5.77. The lowest BCUT2D eigenvalue weighted by Gasteiger charge is -2.18. The molecule has 3 nitrogen and oxygen atoms in total. The molecular weight excluding hydrogens is 176 g/mol. The minimum absolute atomic E-state index is 0.455. The van der Waals surface area contributed by atoms with Crippen LogP contribution in [0.3, 0.4) is 0 Å². The molecule has 0 aliphatic carbocycles. The second-order valence-corrected chi connectivity index (χ2v) is 4.51. The Bertz CT molecular complexity index is 144. The first kappa shape index (κ1) is 12.0. The van der Waals surface area contributed by atoms with Crippen LogP contribution in [0.1, 0.15) is 33.6 Å². The third-order valence-corrected chi connectivity index (χ3v) is 2.55. The topological polar surface area (TPSA) is 33.3 Å². The van der Waals surface area contributed by atoms with Crippen LogP contribution in [-0.2, 0) is 4.74 Å². The lowest BCUT2D eigenvalue weighted by atomic mass is 10.2. The summed E-state index contributed by atoms with van der Waals surface area (Å²) in [6, 6.07) is 1.10. The number of hydrogen-bond donors (Lipinski definition) is 2. The molecule has 0 amide bonds. The molecule has 1 heterocycles. The Hall–Kier alpha value is -0.120. The van der Waals surface area contributed by atoms with Gasteiger partial charge in [-0.3, -0.25) is 0 Å². The van der Waals surface area contributed by atoms with Gasteiger partial charge in [-0.05, 0) is 19.8 Å². The van der Waals surface area contributed by atoms with E-state index in [0.717, 1.165) is 19.7 Å². The van der Waals surface area contributed by atoms with Gasteiger partial charge in [-0.1, -0.05) is 13.8 Å². The molecule has 84 valence electrons. The Morgan fingerprint density at radius 1 is 1.29 bits per heavy atom. The molecule has 0 aromatic heterocycles. The van der Waals surface area contributed by atoms with Crippen molar-refractivity contribution in [2.45, 2.75) is 51.8 Å². The highest BCUT2D eigenvalue weighted by Gasteiger charge is 2.15. The molecule has 1 unspecified atom stereocenters. The minimum Gasteiger partial charge on any atom is -0.377 e. The van der Waals surface area contributed by atoms with E-state index in [9.17, 15) is 0 Å². The van der Waals surface area contributed by atoms with Crippen molar-refractivity contribution >= 4 is 0 Å². The zero-order valence-electron chi connectivity index (χ0n) is 9.68. The molecule has 1 fully saturated rings. The van der Waals surface area contributed by atoms with E-state index in [4.69, 9.17) is 4.74 Å². The molecule has 0 saturated carbocycles. The minimum atomic E-state index is 0.455. The highest BCUT2D eigenvalue weighted by atomic mass is 16.5. The van der Waals surface area contributed by atoms with Gasteiger partial charge in [-0.2, -0.15) is 0 Å². The summed E-state index contributed by atoms with van der Waals surface area (Å²) in [5.41, 5.74) is 0. The van der Waals surface area contributed by atoms with E-state index in [-0.39, 0.29) is 0 Å². The summed E-state index contributed by atoms with van der Waals surface area (Å²) >= 11 is 0. The fraction of sp³-hybridized carbons (Fsp3) is 1.00. The smallest absolute Gasteiger partial charge is 0.0700 e. The van der Waals surface area contributed by atoms with Crippen molar-refractivity contribution in [3.05, 3.63) is 0 Å². The standard InChI is InChI=1S/C11H24N2O/c1-9(2)12-7-10(3)13-8-11-5-4-6-14-11/h9-13H,4-8H2,1-3H3/t10?,11-/m0/s1. The van der Waals surface area contributed by atoms with E-state index in [2.05, 4.69) is 31.4 Å². The van der Waals surface area contributed by atoms with Crippen molar-refractivity contribution in [3.8, 4) is 0 Å². The summed E-state index contributed by atoms with van der Waals surface area (Å²) in [5, 5.41) is 6.91. The van der Waals surface area contributed by atoms with Crippen molar-refractivity contribution in [2.24, 2.45) is 0 Å². The molecule has 0 radical (unpaired) electrons. The second-order valence-electron chi connectivity index (χ2n) is 4.51. The first-order valence-electron chi connectivity index (χ1n) is 5.77. The lowest BCUT2D eigenvalue weighted by Crippen LogP contribution is -2.41. The predicted octanol–water partition coefficient (Wildman–Crippen LogP) is 1.14. The molecule has 2 atom stereocenters. The third-order valence-electron chi connectivity index (χ3n) is 2.55. The molecule has 0 aromatic carbocycles. The fourth-order valence-corrected chi connectivity index (χ4v) is 1.62. The van der Waals surface area contributed by atoms with E-state index in [1.165, 1.54) is 12.8 Å². The third kappa shape index (κ3) is 4.94. The van der Waals surface area contributed by atoms with Gasteiger partial charge in [0.2, 0.25) is 0 Å². The number of rotatable bonds is 6. The highest BCUT2D eigenvalue weighted by molar-refractivity contribution is 4.72. The van der Waals surface area contributed by atoms with Gasteiger partial charge in [0.05, 0.1) is 6.10 Å². The van der Waals surface area contributed by atoms with Gasteiger partial charge in [0.25, 0.3) is 0 Å². The maximum atomic E-state index is 5.55. The summed E-state index contributed by atoms with van der Waals surface area (Å²) in [7, 11) is 0. The fourth-order valence-electron chi connectivity index (χ4n) is 1.62. The Kier molecular flexibility index (Phi) is 5.45. The average molecular weight is 200 g/mol. The summed E-state index contributed by atoms with van der Waals surface area (Å²) in [5.74, 6) is 0. The van der Waals surface area contributed by atoms with Crippen LogP contribution >= 0.6 is 0 Å². The largest absolute Gasteiger partial charge is 0.377 e. The van der Waals surface area contributed by atoms with Gasteiger partial charge in [0.1, 0.15) is 0 Å². The van der Waals surface area contributed by atoms with Crippen LogP contribution in [0.5, 0.6) is 0 Å². The van der Waals surface area contributed by atoms with Gasteiger partial charge in [0.15, 0.2) is 0 Å². The van der Waals surface area contributed by atoms with E-state index >= 15 is 0 Å². The molecule has 1 saturated heterocycles. The first-order chi connectivity index (χ1) is 6.68. The quantitative estimate of drug-likeness (QED) is 0.674. The van der Waals surface area contributed by atoms with Crippen LogP contribution < -0.4 is 10.6 Å². The molecule has 0 bridgehead atoms. The van der Waals surface area contributed by atoms with Crippen LogP contribution in [0.4, 0.5) is 0 Å². The monoisotopic (exact) mass is 200 g/mol. The lowest BCUT2D eigenvalue weighted by molar-refractivity contribution is 0.108. The zero-order chi connectivity index (χ0) is 10.4. The summed E-state index contributed by atoms with van der Waals surface area (Å²) in [4.78, 5) is 0. The Labute approximate surface area is 87.6 Å². The van der Waals surface area contributed by atoms with Crippen molar-refractivity contribution in [3.63, 3.8) is 0 Å². The molecule has 1 aliphatic rings. The molecule has 0 spiro atoms. The summed E-state index contributed by atoms with van der Waals surface area (Å²) < 4.78 is 5.55. The van der Waals surface area contributed by atoms with E-state index in [1.807, 2.05) is 0 Å². The Morgan fingerprint density at radius 2 is 2.07 bits per heavy atom. The van der Waals surface area contributed by atoms with Crippen molar-refractivity contribution < 1.29 is 4.74 Å². The summed E-state index contributed by atoms with van der Waals surface area (Å²) in [6.45, 7) is 9.54. The number of ether oxygens (including phenoxy) is 1. The molecule has 2 N–H and O–H groups in total. The molecule has 0 aromatic rings. The summed E-state index contributed by atoms with van der Waals surface area (Å²) in [6.07, 6.45) is 2.90. The Morgan fingerprint density at radius 3 is 2.64 bits per heavy atom. The molecule has 14 heavy (non-hydrogen) atoms. The number of nitrogens with one attached hydrogen (secondary N) is 2. The van der Waals surface area contributed by atoms with Gasteiger partial charge >= 0.3 is 0 Å². The molecule has 3 heteroatoms. The van der Waals surface area contributed by atoms with Crippen LogP contribution in [0, 0.1) is 0 Å². The van der Waals surface area contributed by atoms with Crippen molar-refractivity contribution in [2.75, 3.05) is 19.7 Å². The van der Waals surface area contributed by atoms with Crippen molar-refractivity contribution in [1.29, 1.82) is 0 Å². The number of hydrogen-bond acceptors (Lipinski definition) is 3. The normalized spacial score (nSPS) is 24.4. The van der Waals surface area contributed by atoms with E-state index in [0.29, 0.717) is 18.2 Å². The molecule has 1 aliphatic heterocycles. The maximum Gasteiger partial charge on any atom is 0.0700 e. The van der Waals surface area contributed by atoms with Crippen LogP contribution in [0.2, 0.25) is 0 Å². The second kappa shape index (κ2) is 6.38. The van der Waals surface area contributed by atoms with Gasteiger partial charge in [-0.25, -0.2) is 0 Å². The SMILES string of the molecule is CC(C)NCC(C)NC[C@@H]1CCCO1. The predicted molar refractivity (Wildman–Crippen MR) is 59.6 cm³/mol. The van der Waals surface area contributed by atoms with Gasteiger partial charge in [0, 0.05) is 31.8 Å². The van der Waals surface area contributed by atoms with Crippen LogP contribution in [-0.4, -0.2) is 37.9 Å². The molecular formula is C11H24N2O. The molecule has 1 rings (SSSR count). The highest BCUT2D eigenvalue weighted by Crippen LogP contribution is 2.10. The maximum absolute atomic E-state index is 5.55. The van der Waals surface area contributed by atoms with Crippen LogP contribution in [0.25, 0.3) is 0 Å². The van der Waals surface area contributed by atoms with E-state index in [1.54, 1.807) is 0 Å². The van der Waals surface area contributed by atoms with Crippen LogP contribution in [0.15, 0.2) is 0 Å². The van der Waals surface area contributed by atoms with Gasteiger partial charge in [-0.15, -0.1) is 0 Å². The van der Waals surface area contributed by atoms with Crippen molar-refractivity contribution in [1.82, 2.24) is 10.6 Å². The average Bonchev–Trinajstić information content (AvgIpc) is 2.63. The Balaban J connectivity index is 1.99. The van der Waals surface area contributed by atoms with Gasteiger partial charge < -0.3 is 15.4 Å². The zero-order valence-corrected chi connectivity index (χ0v) is 9.68. The van der Waals surface area contributed by atoms with E-state index < -0.39 is 0 Å².